The van der Waals surface area contributed by atoms with Crippen LogP contribution < -0.4 is 0 Å². The van der Waals surface area contributed by atoms with E-state index >= 15 is 0 Å². The number of hydrogen-bond acceptors (Lipinski definition) is 4. The summed E-state index contributed by atoms with van der Waals surface area (Å²) in [5, 5.41) is 11.0. The van der Waals surface area contributed by atoms with E-state index in [2.05, 4.69) is 40.1 Å². The lowest BCUT2D eigenvalue weighted by Crippen LogP contribution is -2.61. The average molecular weight is 425 g/mol. The van der Waals surface area contributed by atoms with Crippen LogP contribution in [0.15, 0.2) is 54.6 Å². The summed E-state index contributed by atoms with van der Waals surface area (Å²) in [6, 6.07) is 18.2. The molecule has 2 heterocycles. The molecule has 5 rings (SSSR count). The van der Waals surface area contributed by atoms with Crippen molar-refractivity contribution in [2.45, 2.75) is 62.4 Å². The monoisotopic (exact) mass is 424 g/mol. The molecule has 2 aromatic rings. The van der Waals surface area contributed by atoms with Gasteiger partial charge >= 0.3 is 0 Å². The summed E-state index contributed by atoms with van der Waals surface area (Å²) in [5.41, 5.74) is 2.57. The van der Waals surface area contributed by atoms with Gasteiger partial charge in [0, 0.05) is 31.6 Å². The van der Waals surface area contributed by atoms with Gasteiger partial charge in [0.2, 0.25) is 0 Å². The fraction of sp³-hybridized carbons (Fsp3) is 0.538. The van der Waals surface area contributed by atoms with Gasteiger partial charge < -0.3 is 9.84 Å². The van der Waals surface area contributed by atoms with E-state index in [1.807, 2.05) is 12.1 Å². The van der Waals surface area contributed by atoms with Crippen LogP contribution in [0.2, 0.25) is 0 Å². The number of ether oxygens (including phenoxy) is 1. The largest absolute Gasteiger partial charge is 0.391 e. The van der Waals surface area contributed by atoms with Crippen molar-refractivity contribution in [2.24, 2.45) is 0 Å². The third kappa shape index (κ3) is 4.70. The lowest BCUT2D eigenvalue weighted by atomic mass is 9.81. The van der Waals surface area contributed by atoms with Crippen molar-refractivity contribution in [3.63, 3.8) is 0 Å². The van der Waals surface area contributed by atoms with Crippen molar-refractivity contribution < 1.29 is 14.2 Å². The van der Waals surface area contributed by atoms with Crippen molar-refractivity contribution in [3.05, 3.63) is 71.5 Å². The van der Waals surface area contributed by atoms with E-state index < -0.39 is 0 Å². The number of morpholine rings is 1. The average Bonchev–Trinajstić information content (AvgIpc) is 2.81. The minimum absolute atomic E-state index is 0.0855. The first-order chi connectivity index (χ1) is 15.2. The molecule has 0 aromatic heterocycles. The number of fused-ring (bicyclic) bond motifs is 1. The van der Waals surface area contributed by atoms with Gasteiger partial charge in [-0.05, 0) is 61.5 Å². The zero-order chi connectivity index (χ0) is 21.2. The number of piperidine rings is 1. The Morgan fingerprint density at radius 3 is 2.39 bits per heavy atom. The van der Waals surface area contributed by atoms with Crippen LogP contribution >= 0.6 is 0 Å². The van der Waals surface area contributed by atoms with Crippen LogP contribution in [-0.4, -0.2) is 65.4 Å². The molecule has 1 N–H and O–H groups in total. The number of benzene rings is 2. The number of halogens is 1. The molecule has 0 bridgehead atoms. The highest BCUT2D eigenvalue weighted by Crippen LogP contribution is 2.35. The summed E-state index contributed by atoms with van der Waals surface area (Å²) in [7, 11) is 0. The molecule has 4 atom stereocenters. The van der Waals surface area contributed by atoms with E-state index in [9.17, 15) is 9.50 Å². The Morgan fingerprint density at radius 2 is 1.65 bits per heavy atom. The van der Waals surface area contributed by atoms with Gasteiger partial charge in [0.25, 0.3) is 0 Å². The minimum Gasteiger partial charge on any atom is -0.391 e. The van der Waals surface area contributed by atoms with Gasteiger partial charge in [-0.25, -0.2) is 4.39 Å². The predicted octanol–water partition coefficient (Wildman–Crippen LogP) is 3.80. The second kappa shape index (κ2) is 9.37. The van der Waals surface area contributed by atoms with E-state index in [1.54, 1.807) is 0 Å². The van der Waals surface area contributed by atoms with Crippen molar-refractivity contribution in [1.82, 2.24) is 9.80 Å². The maximum atomic E-state index is 13.3. The summed E-state index contributed by atoms with van der Waals surface area (Å²) in [5.74, 6) is 0.433. The molecule has 2 aliphatic heterocycles. The number of aliphatic hydroxyl groups is 1. The molecule has 1 aliphatic carbocycles. The summed E-state index contributed by atoms with van der Waals surface area (Å²) in [6.07, 6.45) is 3.69. The topological polar surface area (TPSA) is 35.9 Å². The van der Waals surface area contributed by atoms with Crippen molar-refractivity contribution in [3.8, 4) is 0 Å². The van der Waals surface area contributed by atoms with E-state index in [-0.39, 0.29) is 24.1 Å². The van der Waals surface area contributed by atoms with Crippen LogP contribution in [0.5, 0.6) is 0 Å². The second-order valence-electron chi connectivity index (χ2n) is 9.40. The first-order valence-electron chi connectivity index (χ1n) is 11.7. The Bertz CT molecular complexity index is 838. The number of hydrogen-bond donors (Lipinski definition) is 1. The van der Waals surface area contributed by atoms with Gasteiger partial charge in [-0.15, -0.1) is 0 Å². The van der Waals surface area contributed by atoms with Gasteiger partial charge in [0.1, 0.15) is 5.82 Å². The summed E-state index contributed by atoms with van der Waals surface area (Å²) in [6.45, 7) is 4.47. The number of likely N-dealkylation sites (tertiary alicyclic amines) is 1. The molecule has 1 saturated carbocycles. The van der Waals surface area contributed by atoms with Crippen LogP contribution in [0.4, 0.5) is 4.39 Å². The van der Waals surface area contributed by atoms with E-state index in [4.69, 9.17) is 4.74 Å². The van der Waals surface area contributed by atoms with Crippen molar-refractivity contribution >= 4 is 0 Å². The third-order valence-corrected chi connectivity index (χ3v) is 7.58. The second-order valence-corrected chi connectivity index (χ2v) is 9.40. The molecule has 2 saturated heterocycles. The molecule has 0 unspecified atom stereocenters. The standard InChI is InChI=1S/C26H33FN2O2/c27-22-8-6-19(7-9-22)18-29-14-15-31-26-17-25(30)23(16-24(26)29)28-12-10-21(11-13-28)20-4-2-1-3-5-20/h1-9,21,23-26,30H,10-18H2/t23-,24-,25-,26-/m1/s1. The zero-order valence-corrected chi connectivity index (χ0v) is 18.1. The number of aliphatic hydroxyl groups excluding tert-OH is 1. The normalized spacial score (nSPS) is 30.8. The smallest absolute Gasteiger partial charge is 0.123 e. The van der Waals surface area contributed by atoms with Gasteiger partial charge in [0.05, 0.1) is 18.8 Å². The molecule has 31 heavy (non-hydrogen) atoms. The van der Waals surface area contributed by atoms with Crippen LogP contribution in [0.25, 0.3) is 0 Å². The highest BCUT2D eigenvalue weighted by Gasteiger charge is 2.44. The van der Waals surface area contributed by atoms with Crippen LogP contribution in [-0.2, 0) is 11.3 Å². The molecule has 3 fully saturated rings. The first-order valence-corrected chi connectivity index (χ1v) is 11.7. The van der Waals surface area contributed by atoms with Crippen LogP contribution in [0.3, 0.4) is 0 Å². The molecule has 4 nitrogen and oxygen atoms in total. The number of nitrogens with zero attached hydrogens (tertiary/aromatic N) is 2. The van der Waals surface area contributed by atoms with Crippen molar-refractivity contribution in [2.75, 3.05) is 26.2 Å². The molecule has 0 amide bonds. The first kappa shape index (κ1) is 21.1. The molecule has 0 spiro atoms. The lowest BCUT2D eigenvalue weighted by molar-refractivity contribution is -0.136. The van der Waals surface area contributed by atoms with E-state index in [1.165, 1.54) is 17.7 Å². The number of rotatable bonds is 4. The third-order valence-electron chi connectivity index (χ3n) is 7.58. The molecule has 0 radical (unpaired) electrons. The van der Waals surface area contributed by atoms with Gasteiger partial charge in [-0.2, -0.15) is 0 Å². The van der Waals surface area contributed by atoms with Gasteiger partial charge in [0.15, 0.2) is 0 Å². The minimum atomic E-state index is -0.333. The Hall–Kier alpha value is -1.79. The maximum Gasteiger partial charge on any atom is 0.123 e. The van der Waals surface area contributed by atoms with Crippen LogP contribution in [0, 0.1) is 5.82 Å². The predicted molar refractivity (Wildman–Crippen MR) is 119 cm³/mol. The molecule has 3 aliphatic rings. The molecule has 166 valence electrons. The van der Waals surface area contributed by atoms with E-state index in [0.717, 1.165) is 51.0 Å². The van der Waals surface area contributed by atoms with Gasteiger partial charge in [-0.3, -0.25) is 9.80 Å². The SMILES string of the molecule is O[C@@H]1C[C@H]2OCCN(Cc3ccc(F)cc3)[C@@H]2C[C@H]1N1CCC(c2ccccc2)CC1. The quantitative estimate of drug-likeness (QED) is 0.810. The van der Waals surface area contributed by atoms with Gasteiger partial charge in [-0.1, -0.05) is 42.5 Å². The molecule has 2 aromatic carbocycles. The van der Waals surface area contributed by atoms with Crippen molar-refractivity contribution in [1.29, 1.82) is 0 Å². The Kier molecular flexibility index (Phi) is 6.37. The van der Waals surface area contributed by atoms with E-state index in [0.29, 0.717) is 25.0 Å². The molecular formula is C26H33FN2O2. The fourth-order valence-corrected chi connectivity index (χ4v) is 5.86. The molecular weight excluding hydrogens is 391 g/mol. The summed E-state index contributed by atoms with van der Waals surface area (Å²) < 4.78 is 19.4. The lowest BCUT2D eigenvalue weighted by Gasteiger charge is -2.51. The fourth-order valence-electron chi connectivity index (χ4n) is 5.86. The zero-order valence-electron chi connectivity index (χ0n) is 18.1. The summed E-state index contributed by atoms with van der Waals surface area (Å²) in [4.78, 5) is 5.00. The Balaban J connectivity index is 1.24. The highest BCUT2D eigenvalue weighted by molar-refractivity contribution is 5.20. The van der Waals surface area contributed by atoms with Crippen LogP contribution in [0.1, 0.15) is 42.7 Å². The maximum absolute atomic E-state index is 13.3. The molecule has 5 heteroatoms. The summed E-state index contributed by atoms with van der Waals surface area (Å²) >= 11 is 0. The Morgan fingerprint density at radius 1 is 0.903 bits per heavy atom. The highest BCUT2D eigenvalue weighted by atomic mass is 19.1. The Labute approximate surface area is 184 Å².